The van der Waals surface area contributed by atoms with Gasteiger partial charge in [-0.25, -0.2) is 0 Å². The molecule has 0 N–H and O–H groups in total. The van der Waals surface area contributed by atoms with Gasteiger partial charge in [0.25, 0.3) is 10.0 Å². The molecule has 0 aliphatic carbocycles. The van der Waals surface area contributed by atoms with Crippen molar-refractivity contribution in [1.82, 2.24) is 5.01 Å². The first-order valence-corrected chi connectivity index (χ1v) is 7.58. The molecule has 0 radical (unpaired) electrons. The Labute approximate surface area is 167 Å². The smallest absolute Gasteiger partial charge is 0.861 e. The molecule has 0 atom stereocenters. The summed E-state index contributed by atoms with van der Waals surface area (Å²) in [7, 11) is -3.92. The van der Waals surface area contributed by atoms with Crippen molar-refractivity contribution in [2.45, 2.75) is 25.7 Å². The number of sulfonamides is 1. The molecule has 0 fully saturated rings. The topological polar surface area (TPSA) is 97.5 Å². The maximum absolute atomic E-state index is 11.7. The molecule has 1 rings (SSSR count). The Kier molecular flexibility index (Phi) is 9.50. The van der Waals surface area contributed by atoms with Crippen molar-refractivity contribution in [1.29, 1.82) is 0 Å². The maximum atomic E-state index is 11.7. The molecule has 7 nitrogen and oxygen atoms in total. The number of benzene rings is 1. The van der Waals surface area contributed by atoms with E-state index in [4.69, 9.17) is 0 Å². The van der Waals surface area contributed by atoms with E-state index >= 15 is 0 Å². The van der Waals surface area contributed by atoms with Crippen LogP contribution in [0.1, 0.15) is 20.8 Å². The minimum atomic E-state index is -3.92. The summed E-state index contributed by atoms with van der Waals surface area (Å²) in [6.07, 6.45) is 0. The van der Waals surface area contributed by atoms with Crippen molar-refractivity contribution in [3.05, 3.63) is 24.3 Å². The van der Waals surface area contributed by atoms with Gasteiger partial charge >= 0.3 is 51.4 Å². The Morgan fingerprint density at radius 3 is 2.14 bits per heavy atom. The fourth-order valence-corrected chi connectivity index (χ4v) is 2.30. The molecule has 0 aliphatic rings. The van der Waals surface area contributed by atoms with Crippen LogP contribution in [0.15, 0.2) is 43.9 Å². The Morgan fingerprint density at radius 1 is 1.19 bits per heavy atom. The van der Waals surface area contributed by atoms with Gasteiger partial charge in [0.05, 0.1) is 10.6 Å². The monoisotopic (exact) mass is 336 g/mol. The predicted molar refractivity (Wildman–Crippen MR) is 74.2 cm³/mol. The van der Waals surface area contributed by atoms with Gasteiger partial charge in [0, 0.05) is 13.1 Å². The molecule has 0 saturated heterocycles. The van der Waals surface area contributed by atoms with Gasteiger partial charge in [0.2, 0.25) is 0 Å². The van der Waals surface area contributed by atoms with E-state index in [9.17, 15) is 13.5 Å². The number of nitrogens with zero attached hydrogens (tertiary/aromatic N) is 4. The summed E-state index contributed by atoms with van der Waals surface area (Å²) in [5.74, 6) is -0.754. The minimum Gasteiger partial charge on any atom is -0.861 e. The van der Waals surface area contributed by atoms with E-state index in [0.717, 1.165) is 20.0 Å². The van der Waals surface area contributed by atoms with E-state index in [0.29, 0.717) is 5.69 Å². The molecule has 0 spiro atoms. The van der Waals surface area contributed by atoms with E-state index in [1.165, 1.54) is 24.3 Å². The number of hydrogen-bond acceptors (Lipinski definition) is 5. The van der Waals surface area contributed by atoms with Crippen molar-refractivity contribution in [2.24, 2.45) is 14.7 Å². The Morgan fingerprint density at radius 2 is 1.71 bits per heavy atom. The molecule has 9 heteroatoms. The fraction of sp³-hybridized carbons (Fsp3) is 0.417. The van der Waals surface area contributed by atoms with Crippen LogP contribution < -0.4 is 56.5 Å². The van der Waals surface area contributed by atoms with Gasteiger partial charge in [0.1, 0.15) is 0 Å². The first-order valence-electron chi connectivity index (χ1n) is 6.14. The van der Waals surface area contributed by atoms with Crippen LogP contribution in [0.3, 0.4) is 0 Å². The van der Waals surface area contributed by atoms with E-state index in [-0.39, 0.29) is 56.3 Å². The third kappa shape index (κ3) is 6.98. The molecule has 0 heterocycles. The molecule has 0 unspecified atom stereocenters. The molecule has 0 amide bonds. The van der Waals surface area contributed by atoms with Crippen LogP contribution in [-0.2, 0) is 10.0 Å². The van der Waals surface area contributed by atoms with Crippen LogP contribution in [0.2, 0.25) is 0 Å². The van der Waals surface area contributed by atoms with Gasteiger partial charge < -0.3 is 5.11 Å². The number of rotatable bonds is 6. The van der Waals surface area contributed by atoms with E-state index in [2.05, 4.69) is 14.7 Å². The largest absolute Gasteiger partial charge is 1.00 e. The second-order valence-electron chi connectivity index (χ2n) is 3.91. The van der Waals surface area contributed by atoms with Crippen molar-refractivity contribution < 1.29 is 64.9 Å². The minimum absolute atomic E-state index is 0. The van der Waals surface area contributed by atoms with Gasteiger partial charge in [-0.15, -0.1) is 5.11 Å². The normalized spacial score (nSPS) is 12.2. The summed E-state index contributed by atoms with van der Waals surface area (Å²) in [6, 6.07) is 5.71. The standard InChI is InChI=1S/C12H18N4O3S.K/c1-4-16(5-2)15-13-11-6-8-12(9-7-11)20(18,19)14-10(3)17;/h6-9H,4-5H2,1-3H3,(H,14,17);/q;+1/p-1. The number of hydrogen-bond donors (Lipinski definition) is 0. The van der Waals surface area contributed by atoms with Crippen LogP contribution in [-0.4, -0.2) is 32.4 Å². The predicted octanol–water partition coefficient (Wildman–Crippen LogP) is -1.50. The Balaban J connectivity index is 0.00000400. The van der Waals surface area contributed by atoms with E-state index in [1.54, 1.807) is 5.01 Å². The van der Waals surface area contributed by atoms with E-state index in [1.807, 2.05) is 13.8 Å². The molecule has 21 heavy (non-hydrogen) atoms. The van der Waals surface area contributed by atoms with Crippen molar-refractivity contribution in [3.8, 4) is 0 Å². The average Bonchev–Trinajstić information content (AvgIpc) is 2.39. The van der Waals surface area contributed by atoms with Gasteiger partial charge in [-0.2, -0.15) is 12.8 Å². The van der Waals surface area contributed by atoms with Gasteiger partial charge in [-0.1, -0.05) is 5.22 Å². The second-order valence-corrected chi connectivity index (χ2v) is 5.51. The summed E-state index contributed by atoms with van der Waals surface area (Å²) < 4.78 is 26.4. The third-order valence-corrected chi connectivity index (χ3v) is 3.77. The second kappa shape index (κ2) is 9.64. The molecule has 110 valence electrons. The first kappa shape index (κ1) is 20.7. The Hall–Kier alpha value is -0.324. The molecule has 1 aromatic rings. The summed E-state index contributed by atoms with van der Waals surface area (Å²) >= 11 is 0. The molecule has 0 aromatic heterocycles. The molecule has 0 bridgehead atoms. The molecular formula is C12H17KN4O3S. The molecule has 0 aliphatic heterocycles. The van der Waals surface area contributed by atoms with Gasteiger partial charge in [-0.3, -0.25) is 5.01 Å². The van der Waals surface area contributed by atoms with Crippen LogP contribution in [0.5, 0.6) is 0 Å². The van der Waals surface area contributed by atoms with Gasteiger partial charge in [-0.05, 0) is 50.9 Å². The van der Waals surface area contributed by atoms with Gasteiger partial charge in [0.15, 0.2) is 0 Å². The molecular weight excluding hydrogens is 319 g/mol. The summed E-state index contributed by atoms with van der Waals surface area (Å²) in [4.78, 5) is -0.0468. The van der Waals surface area contributed by atoms with Crippen molar-refractivity contribution in [2.75, 3.05) is 13.1 Å². The third-order valence-electron chi connectivity index (χ3n) is 2.40. The quantitative estimate of drug-likeness (QED) is 0.208. The van der Waals surface area contributed by atoms with E-state index < -0.39 is 15.9 Å². The maximum Gasteiger partial charge on any atom is 1.00 e. The molecule has 1 aromatic carbocycles. The zero-order chi connectivity index (χ0) is 15.2. The van der Waals surface area contributed by atoms with Crippen molar-refractivity contribution >= 4 is 21.6 Å². The summed E-state index contributed by atoms with van der Waals surface area (Å²) in [5, 5.41) is 20.5. The van der Waals surface area contributed by atoms with Crippen molar-refractivity contribution in [3.63, 3.8) is 0 Å². The first-order chi connectivity index (χ1) is 9.39. The van der Waals surface area contributed by atoms with Crippen LogP contribution in [0.25, 0.3) is 0 Å². The fourth-order valence-electron chi connectivity index (χ4n) is 1.37. The summed E-state index contributed by atoms with van der Waals surface area (Å²) in [6.45, 7) is 6.49. The van der Waals surface area contributed by atoms with Crippen LogP contribution in [0, 0.1) is 0 Å². The average molecular weight is 336 g/mol. The van der Waals surface area contributed by atoms with Crippen LogP contribution in [0.4, 0.5) is 5.69 Å². The Bertz CT molecular complexity index is 591. The zero-order valence-electron chi connectivity index (χ0n) is 12.6. The SMILES string of the molecule is CCN(CC)N=Nc1ccc(S(=O)(=O)/N=C(\C)[O-])cc1.[K+]. The molecule has 0 saturated carbocycles. The summed E-state index contributed by atoms with van der Waals surface area (Å²) in [5.41, 5.74) is 0.527. The zero-order valence-corrected chi connectivity index (χ0v) is 16.6. The van der Waals surface area contributed by atoms with Crippen LogP contribution >= 0.6 is 0 Å².